The molecule has 3 N–H and O–H groups in total. The van der Waals surface area contributed by atoms with Crippen LogP contribution in [0.4, 0.5) is 10.5 Å². The van der Waals surface area contributed by atoms with Crippen molar-refractivity contribution in [1.29, 1.82) is 0 Å². The molecule has 0 spiro atoms. The van der Waals surface area contributed by atoms with Gasteiger partial charge < -0.3 is 15.4 Å². The fourth-order valence-corrected chi connectivity index (χ4v) is 2.61. The summed E-state index contributed by atoms with van der Waals surface area (Å²) < 4.78 is 5.31. The lowest BCUT2D eigenvalue weighted by atomic mass is 10.0. The van der Waals surface area contributed by atoms with Crippen LogP contribution in [0.25, 0.3) is 10.8 Å². The third kappa shape index (κ3) is 6.78. The molecule has 0 aliphatic carbocycles. The number of nitrogens with one attached hydrogen (secondary N) is 3. The first-order valence-electron chi connectivity index (χ1n) is 9.65. The Hall–Kier alpha value is -3.09. The molecule has 0 fully saturated rings. The molecule has 2 aromatic rings. The lowest BCUT2D eigenvalue weighted by Crippen LogP contribution is -2.36. The molecule has 2 rings (SSSR count). The molecular formula is C22H29N3O4. The van der Waals surface area contributed by atoms with Gasteiger partial charge in [0, 0.05) is 19.0 Å². The number of hydrogen-bond donors (Lipinski definition) is 3. The predicted octanol–water partition coefficient (Wildman–Crippen LogP) is 3.69. The number of carbonyl (C=O) groups is 3. The molecular weight excluding hydrogens is 370 g/mol. The highest BCUT2D eigenvalue weighted by molar-refractivity contribution is 6.07. The Morgan fingerprint density at radius 3 is 2.14 bits per heavy atom. The number of ether oxygens (including phenoxy) is 1. The van der Waals surface area contributed by atoms with Crippen LogP contribution in [-0.2, 0) is 9.53 Å². The van der Waals surface area contributed by atoms with E-state index in [1.54, 1.807) is 46.8 Å². The molecule has 0 bridgehead atoms. The number of carbonyl (C=O) groups excluding carboxylic acids is 3. The maximum Gasteiger partial charge on any atom is 0.412 e. The van der Waals surface area contributed by atoms with E-state index in [0.29, 0.717) is 17.8 Å². The van der Waals surface area contributed by atoms with E-state index in [-0.39, 0.29) is 24.3 Å². The van der Waals surface area contributed by atoms with Crippen molar-refractivity contribution in [3.05, 3.63) is 42.0 Å². The Labute approximate surface area is 171 Å². The Balaban J connectivity index is 2.17. The molecule has 0 unspecified atom stereocenters. The van der Waals surface area contributed by atoms with Gasteiger partial charge in [-0.1, -0.05) is 38.1 Å². The number of hydrogen-bond acceptors (Lipinski definition) is 4. The molecule has 0 heterocycles. The fraction of sp³-hybridized carbons (Fsp3) is 0.409. The summed E-state index contributed by atoms with van der Waals surface area (Å²) in [7, 11) is 0. The van der Waals surface area contributed by atoms with Crippen LogP contribution in [0.5, 0.6) is 0 Å². The van der Waals surface area contributed by atoms with Crippen LogP contribution >= 0.6 is 0 Å². The lowest BCUT2D eigenvalue weighted by Gasteiger charge is -2.20. The molecule has 7 heteroatoms. The summed E-state index contributed by atoms with van der Waals surface area (Å²) in [6.07, 6.45) is -0.633. The number of rotatable bonds is 6. The van der Waals surface area contributed by atoms with Crippen LogP contribution in [0, 0.1) is 5.92 Å². The van der Waals surface area contributed by atoms with E-state index >= 15 is 0 Å². The Bertz CT molecular complexity index is 901. The second kappa shape index (κ2) is 9.41. The quantitative estimate of drug-likeness (QED) is 0.646. The third-order valence-corrected chi connectivity index (χ3v) is 4.00. The van der Waals surface area contributed by atoms with Gasteiger partial charge in [0.25, 0.3) is 5.91 Å². The summed E-state index contributed by atoms with van der Waals surface area (Å²) in [5.74, 6) is -0.534. The highest BCUT2D eigenvalue weighted by Gasteiger charge is 2.19. The molecule has 0 aliphatic heterocycles. The number of fused-ring (bicyclic) bond motifs is 1. The lowest BCUT2D eigenvalue weighted by molar-refractivity contribution is -0.123. The highest BCUT2D eigenvalue weighted by atomic mass is 16.6. The van der Waals surface area contributed by atoms with Crippen molar-refractivity contribution in [3.8, 4) is 0 Å². The summed E-state index contributed by atoms with van der Waals surface area (Å²) >= 11 is 0. The molecule has 0 aliphatic rings. The second-order valence-electron chi connectivity index (χ2n) is 8.07. The predicted molar refractivity (Wildman–Crippen MR) is 114 cm³/mol. The van der Waals surface area contributed by atoms with E-state index in [0.717, 1.165) is 10.8 Å². The van der Waals surface area contributed by atoms with Crippen molar-refractivity contribution in [3.63, 3.8) is 0 Å². The second-order valence-corrected chi connectivity index (χ2v) is 8.07. The first-order valence-corrected chi connectivity index (χ1v) is 9.65. The Morgan fingerprint density at radius 1 is 0.966 bits per heavy atom. The normalized spacial score (nSPS) is 11.2. The van der Waals surface area contributed by atoms with Crippen LogP contribution in [0.1, 0.15) is 45.0 Å². The van der Waals surface area contributed by atoms with Crippen molar-refractivity contribution < 1.29 is 19.1 Å². The van der Waals surface area contributed by atoms with Crippen LogP contribution in [0.2, 0.25) is 0 Å². The zero-order valence-electron chi connectivity index (χ0n) is 17.6. The SMILES string of the molecule is CC(C)C(=O)NCCNC(=O)c1cc2ccccc2cc1NC(=O)OC(C)(C)C. The van der Waals surface area contributed by atoms with Gasteiger partial charge in [0.1, 0.15) is 5.60 Å². The maximum atomic E-state index is 12.7. The molecule has 7 nitrogen and oxygen atoms in total. The molecule has 0 saturated heterocycles. The average molecular weight is 399 g/mol. The van der Waals surface area contributed by atoms with Gasteiger partial charge in [0.2, 0.25) is 5.91 Å². The van der Waals surface area contributed by atoms with Crippen molar-refractivity contribution in [2.75, 3.05) is 18.4 Å². The fourth-order valence-electron chi connectivity index (χ4n) is 2.61. The van der Waals surface area contributed by atoms with Gasteiger partial charge in [-0.3, -0.25) is 14.9 Å². The van der Waals surface area contributed by atoms with Crippen LogP contribution in [-0.4, -0.2) is 36.6 Å². The standard InChI is InChI=1S/C22H29N3O4/c1-14(2)19(26)23-10-11-24-20(27)17-12-15-8-6-7-9-16(15)13-18(17)25-21(28)29-22(3,4)5/h6-9,12-14H,10-11H2,1-5H3,(H,23,26)(H,24,27)(H,25,28). The van der Waals surface area contributed by atoms with Crippen LogP contribution in [0.15, 0.2) is 36.4 Å². The first kappa shape index (κ1) is 22.2. The molecule has 29 heavy (non-hydrogen) atoms. The molecule has 0 radical (unpaired) electrons. The summed E-state index contributed by atoms with van der Waals surface area (Å²) in [4.78, 5) is 36.6. The topological polar surface area (TPSA) is 96.5 Å². The van der Waals surface area contributed by atoms with Gasteiger partial charge in [-0.15, -0.1) is 0 Å². The molecule has 0 saturated carbocycles. The minimum absolute atomic E-state index is 0.0720. The summed E-state index contributed by atoms with van der Waals surface area (Å²) in [5, 5.41) is 9.96. The van der Waals surface area contributed by atoms with E-state index in [4.69, 9.17) is 4.74 Å². The van der Waals surface area contributed by atoms with E-state index in [1.165, 1.54) is 0 Å². The summed E-state index contributed by atoms with van der Waals surface area (Å²) in [5.41, 5.74) is 0.0317. The molecule has 2 aromatic carbocycles. The number of benzene rings is 2. The van der Waals surface area contributed by atoms with E-state index < -0.39 is 11.7 Å². The maximum absolute atomic E-state index is 12.7. The Kier molecular flexibility index (Phi) is 7.20. The molecule has 0 atom stereocenters. The minimum Gasteiger partial charge on any atom is -0.444 e. The van der Waals surface area contributed by atoms with Gasteiger partial charge >= 0.3 is 6.09 Å². The van der Waals surface area contributed by atoms with Gasteiger partial charge in [-0.05, 0) is 43.7 Å². The van der Waals surface area contributed by atoms with E-state index in [1.807, 2.05) is 24.3 Å². The summed E-state index contributed by atoms with van der Waals surface area (Å²) in [6.45, 7) is 9.51. The smallest absolute Gasteiger partial charge is 0.412 e. The monoisotopic (exact) mass is 399 g/mol. The number of amides is 3. The molecule has 3 amide bonds. The Morgan fingerprint density at radius 2 is 1.55 bits per heavy atom. The van der Waals surface area contributed by atoms with Crippen LogP contribution in [0.3, 0.4) is 0 Å². The highest BCUT2D eigenvalue weighted by Crippen LogP contribution is 2.25. The zero-order chi connectivity index (χ0) is 21.6. The third-order valence-electron chi connectivity index (χ3n) is 4.00. The average Bonchev–Trinajstić information content (AvgIpc) is 2.62. The van der Waals surface area contributed by atoms with Gasteiger partial charge in [0.05, 0.1) is 11.3 Å². The van der Waals surface area contributed by atoms with Crippen molar-refractivity contribution in [1.82, 2.24) is 10.6 Å². The first-order chi connectivity index (χ1) is 13.6. The number of anilines is 1. The molecule has 0 aromatic heterocycles. The van der Waals surface area contributed by atoms with Crippen LogP contribution < -0.4 is 16.0 Å². The molecule has 156 valence electrons. The van der Waals surface area contributed by atoms with Crippen molar-refractivity contribution >= 4 is 34.4 Å². The summed E-state index contributed by atoms with van der Waals surface area (Å²) in [6, 6.07) is 11.0. The van der Waals surface area contributed by atoms with Gasteiger partial charge in [-0.2, -0.15) is 0 Å². The van der Waals surface area contributed by atoms with Gasteiger partial charge in [-0.25, -0.2) is 4.79 Å². The van der Waals surface area contributed by atoms with E-state index in [2.05, 4.69) is 16.0 Å². The zero-order valence-corrected chi connectivity index (χ0v) is 17.6. The van der Waals surface area contributed by atoms with Crippen molar-refractivity contribution in [2.24, 2.45) is 5.92 Å². The van der Waals surface area contributed by atoms with E-state index in [9.17, 15) is 14.4 Å². The van der Waals surface area contributed by atoms with Crippen molar-refractivity contribution in [2.45, 2.75) is 40.2 Å². The minimum atomic E-state index is -0.655. The van der Waals surface area contributed by atoms with Gasteiger partial charge in [0.15, 0.2) is 0 Å². The largest absolute Gasteiger partial charge is 0.444 e.